The summed E-state index contributed by atoms with van der Waals surface area (Å²) in [6, 6.07) is 8.09. The Morgan fingerprint density at radius 3 is 2.07 bits per heavy atom. The predicted molar refractivity (Wildman–Crippen MR) is 178 cm³/mol. The zero-order chi connectivity index (χ0) is 31.2. The molecule has 238 valence electrons. The molecule has 0 N–H and O–H groups in total. The Balaban J connectivity index is 1.49. The van der Waals surface area contributed by atoms with Crippen molar-refractivity contribution >= 4 is 30.7 Å². The molecule has 0 spiro atoms. The first-order valence-electron chi connectivity index (χ1n) is 16.3. The standard InChI is InChI=1S/C33H58O6Si3/c1-21(27-18-24-15-13-14-16-26(24)30(27)34)17-28-33(39-42(10,11)12)32(38-41(7,8)9)25(20-35-28)19-29-31(36-29)22(2)23(3)37-40(4,5)6/h13-16,21-23,25,27-29,31-33H,17-20H2,1-12H3/t21-,22+,23-,25-,27+,28-,29-,31-,32+,33+/m0/s1. The number of hydrogen-bond acceptors (Lipinski definition) is 6. The van der Waals surface area contributed by atoms with Crippen molar-refractivity contribution in [3.63, 3.8) is 0 Å². The van der Waals surface area contributed by atoms with Gasteiger partial charge in [-0.15, -0.1) is 0 Å². The Hall–Kier alpha value is -0.659. The summed E-state index contributed by atoms with van der Waals surface area (Å²) in [4.78, 5) is 13.3. The Morgan fingerprint density at radius 2 is 1.48 bits per heavy atom. The highest BCUT2D eigenvalue weighted by Crippen LogP contribution is 2.43. The van der Waals surface area contributed by atoms with Crippen LogP contribution in [0.2, 0.25) is 58.9 Å². The molecule has 1 aromatic rings. The molecule has 0 saturated carbocycles. The molecule has 2 aliphatic heterocycles. The fourth-order valence-electron chi connectivity index (χ4n) is 6.94. The van der Waals surface area contributed by atoms with E-state index in [0.717, 1.165) is 24.8 Å². The van der Waals surface area contributed by atoms with Crippen LogP contribution in [0, 0.1) is 23.7 Å². The zero-order valence-electron chi connectivity index (χ0n) is 28.4. The number of hydrogen-bond donors (Lipinski definition) is 0. The van der Waals surface area contributed by atoms with Gasteiger partial charge in [-0.05, 0) is 96.6 Å². The molecule has 42 heavy (non-hydrogen) atoms. The first-order valence-corrected chi connectivity index (χ1v) is 26.5. The van der Waals surface area contributed by atoms with Gasteiger partial charge in [-0.2, -0.15) is 0 Å². The molecule has 4 rings (SSSR count). The maximum atomic E-state index is 13.3. The number of carbonyl (C=O) groups is 1. The first kappa shape index (κ1) is 34.2. The summed E-state index contributed by atoms with van der Waals surface area (Å²) >= 11 is 0. The van der Waals surface area contributed by atoms with Crippen molar-refractivity contribution in [2.24, 2.45) is 23.7 Å². The van der Waals surface area contributed by atoms with Crippen LogP contribution in [0.1, 0.15) is 49.5 Å². The van der Waals surface area contributed by atoms with Crippen LogP contribution in [0.15, 0.2) is 24.3 Å². The molecular weight excluding hydrogens is 577 g/mol. The summed E-state index contributed by atoms with van der Waals surface area (Å²) in [7, 11) is -5.44. The third kappa shape index (κ3) is 8.96. The van der Waals surface area contributed by atoms with Gasteiger partial charge in [0.2, 0.25) is 0 Å². The van der Waals surface area contributed by atoms with Crippen molar-refractivity contribution in [2.45, 2.75) is 136 Å². The Kier molecular flexibility index (Phi) is 10.6. The van der Waals surface area contributed by atoms with Crippen molar-refractivity contribution in [2.75, 3.05) is 6.61 Å². The molecule has 10 atom stereocenters. The van der Waals surface area contributed by atoms with Gasteiger partial charge >= 0.3 is 0 Å². The Bertz CT molecular complexity index is 1080. The van der Waals surface area contributed by atoms with Gasteiger partial charge in [0.15, 0.2) is 30.7 Å². The summed E-state index contributed by atoms with van der Waals surface area (Å²) in [5, 5.41) is 0. The van der Waals surface area contributed by atoms with Gasteiger partial charge in [-0.3, -0.25) is 4.79 Å². The molecule has 0 unspecified atom stereocenters. The van der Waals surface area contributed by atoms with Crippen molar-refractivity contribution < 1.29 is 27.5 Å². The van der Waals surface area contributed by atoms with Crippen molar-refractivity contribution in [3.05, 3.63) is 35.4 Å². The van der Waals surface area contributed by atoms with E-state index >= 15 is 0 Å². The Labute approximate surface area is 259 Å². The molecule has 2 saturated heterocycles. The highest BCUT2D eigenvalue weighted by atomic mass is 28.4. The number of carbonyl (C=O) groups excluding carboxylic acids is 1. The van der Waals surface area contributed by atoms with Crippen LogP contribution in [0.5, 0.6) is 0 Å². The molecule has 9 heteroatoms. The SMILES string of the molecule is C[C@@H]([C@@H]1O[C@H]1C[C@H]1CO[C@@H](C[C@H](C)[C@H]2Cc3ccccc3C2=O)[C@@H](O[Si](C)(C)C)[C@@H]1O[Si](C)(C)C)[C@H](C)O[Si](C)(C)C. The van der Waals surface area contributed by atoms with Crippen molar-refractivity contribution in [1.82, 2.24) is 0 Å². The normalized spacial score (nSPS) is 32.4. The highest BCUT2D eigenvalue weighted by Gasteiger charge is 2.52. The Morgan fingerprint density at radius 1 is 0.857 bits per heavy atom. The molecule has 1 aromatic carbocycles. The van der Waals surface area contributed by atoms with E-state index in [9.17, 15) is 4.79 Å². The van der Waals surface area contributed by atoms with E-state index in [-0.39, 0.29) is 60.2 Å². The number of benzene rings is 1. The third-order valence-electron chi connectivity index (χ3n) is 8.96. The molecule has 0 amide bonds. The minimum absolute atomic E-state index is 0.00454. The molecule has 3 aliphatic rings. The van der Waals surface area contributed by atoms with Gasteiger partial charge in [0.25, 0.3) is 0 Å². The lowest BCUT2D eigenvalue weighted by atomic mass is 9.81. The number of Topliss-reactive ketones (excluding diaryl/α,β-unsaturated/α-hetero) is 1. The maximum Gasteiger partial charge on any atom is 0.184 e. The minimum atomic E-state index is -1.93. The summed E-state index contributed by atoms with van der Waals surface area (Å²) in [5.74, 6) is 1.02. The summed E-state index contributed by atoms with van der Waals surface area (Å²) in [5.41, 5.74) is 2.07. The third-order valence-corrected chi connectivity index (χ3v) is 12.0. The van der Waals surface area contributed by atoms with Gasteiger partial charge in [-0.1, -0.05) is 38.1 Å². The quantitative estimate of drug-likeness (QED) is 0.165. The maximum absolute atomic E-state index is 13.3. The van der Waals surface area contributed by atoms with E-state index in [1.54, 1.807) is 0 Å². The van der Waals surface area contributed by atoms with Gasteiger partial charge in [0.1, 0.15) is 0 Å². The van der Waals surface area contributed by atoms with Crippen molar-refractivity contribution in [3.8, 4) is 0 Å². The highest BCUT2D eigenvalue weighted by molar-refractivity contribution is 6.70. The van der Waals surface area contributed by atoms with Crippen LogP contribution < -0.4 is 0 Å². The second-order valence-corrected chi connectivity index (χ2v) is 29.6. The largest absolute Gasteiger partial charge is 0.415 e. The van der Waals surface area contributed by atoms with Gasteiger partial charge in [-0.25, -0.2) is 0 Å². The van der Waals surface area contributed by atoms with E-state index in [1.807, 2.05) is 18.2 Å². The smallest absolute Gasteiger partial charge is 0.184 e. The van der Waals surface area contributed by atoms with Gasteiger partial charge in [0, 0.05) is 29.4 Å². The minimum Gasteiger partial charge on any atom is -0.415 e. The number of ketones is 1. The predicted octanol–water partition coefficient (Wildman–Crippen LogP) is 7.56. The monoisotopic (exact) mass is 634 g/mol. The lowest BCUT2D eigenvalue weighted by Crippen LogP contribution is -2.58. The summed E-state index contributed by atoms with van der Waals surface area (Å²) in [6.45, 7) is 27.6. The van der Waals surface area contributed by atoms with Crippen molar-refractivity contribution in [1.29, 1.82) is 0 Å². The lowest BCUT2D eigenvalue weighted by Gasteiger charge is -2.47. The first-order chi connectivity index (χ1) is 19.3. The number of ether oxygens (including phenoxy) is 2. The summed E-state index contributed by atoms with van der Waals surface area (Å²) < 4.78 is 33.4. The molecule has 0 aromatic heterocycles. The van der Waals surface area contributed by atoms with E-state index in [1.165, 1.54) is 5.56 Å². The molecule has 0 bridgehead atoms. The second kappa shape index (κ2) is 13.0. The fraction of sp³-hybridized carbons (Fsp3) is 0.788. The summed E-state index contributed by atoms with van der Waals surface area (Å²) in [6.07, 6.45) is 2.84. The second-order valence-electron chi connectivity index (χ2n) is 16.2. The van der Waals surface area contributed by atoms with Gasteiger partial charge < -0.3 is 22.8 Å². The molecule has 2 heterocycles. The van der Waals surface area contributed by atoms with E-state index < -0.39 is 25.0 Å². The molecule has 6 nitrogen and oxygen atoms in total. The van der Waals surface area contributed by atoms with E-state index in [0.29, 0.717) is 12.5 Å². The molecule has 0 radical (unpaired) electrons. The van der Waals surface area contributed by atoms with Crippen LogP contribution in [0.4, 0.5) is 0 Å². The fourth-order valence-corrected chi connectivity index (χ4v) is 10.5. The number of fused-ring (bicyclic) bond motifs is 1. The van der Waals surface area contributed by atoms with E-state index in [4.69, 9.17) is 22.8 Å². The molecule has 1 aliphatic carbocycles. The van der Waals surface area contributed by atoms with Crippen LogP contribution in [-0.4, -0.2) is 74.0 Å². The van der Waals surface area contributed by atoms with Crippen LogP contribution in [0.3, 0.4) is 0 Å². The van der Waals surface area contributed by atoms with Gasteiger partial charge in [0.05, 0.1) is 37.1 Å². The van der Waals surface area contributed by atoms with E-state index in [2.05, 4.69) is 85.8 Å². The average molecular weight is 635 g/mol. The van der Waals surface area contributed by atoms with Crippen LogP contribution in [0.25, 0.3) is 0 Å². The number of epoxide rings is 1. The lowest BCUT2D eigenvalue weighted by molar-refractivity contribution is -0.159. The molecular formula is C33H58O6Si3. The number of rotatable bonds is 13. The topological polar surface area (TPSA) is 66.5 Å². The molecule has 2 fully saturated rings. The van der Waals surface area contributed by atoms with Crippen LogP contribution >= 0.6 is 0 Å². The average Bonchev–Trinajstić information content (AvgIpc) is 3.53. The zero-order valence-corrected chi connectivity index (χ0v) is 31.4. The van der Waals surface area contributed by atoms with Crippen LogP contribution in [-0.2, 0) is 29.2 Å².